The van der Waals surface area contributed by atoms with Crippen molar-refractivity contribution in [2.24, 2.45) is 10.9 Å². The molecule has 0 aromatic carbocycles. The molecule has 0 amide bonds. The van der Waals surface area contributed by atoms with Gasteiger partial charge >= 0.3 is 0 Å². The van der Waals surface area contributed by atoms with Crippen LogP contribution in [-0.4, -0.2) is 31.1 Å². The van der Waals surface area contributed by atoms with Crippen molar-refractivity contribution < 1.29 is 0 Å². The molecule has 2 N–H and O–H groups in total. The maximum absolute atomic E-state index is 4.35. The molecule has 2 aromatic heterocycles. The summed E-state index contributed by atoms with van der Waals surface area (Å²) in [6, 6.07) is 8.43. The van der Waals surface area contributed by atoms with Gasteiger partial charge in [0.05, 0.1) is 0 Å². The molecule has 0 fully saturated rings. The van der Waals surface area contributed by atoms with Crippen LogP contribution in [0.4, 0.5) is 0 Å². The van der Waals surface area contributed by atoms with Crippen LogP contribution in [0.15, 0.2) is 47.0 Å². The Balaban J connectivity index is 0.00000312. The van der Waals surface area contributed by atoms with Gasteiger partial charge in [-0.15, -0.1) is 35.3 Å². The van der Waals surface area contributed by atoms with Crippen LogP contribution in [0, 0.1) is 5.92 Å². The number of hydrogen-bond donors (Lipinski definition) is 2. The van der Waals surface area contributed by atoms with Gasteiger partial charge in [0.2, 0.25) is 0 Å². The fourth-order valence-corrected chi connectivity index (χ4v) is 3.47. The maximum atomic E-state index is 4.35. The summed E-state index contributed by atoms with van der Waals surface area (Å²) in [6.07, 6.45) is 3.78. The minimum Gasteiger partial charge on any atom is -0.356 e. The van der Waals surface area contributed by atoms with Gasteiger partial charge in [0, 0.05) is 49.2 Å². The Morgan fingerprint density at radius 3 is 2.48 bits per heavy atom. The third-order valence-electron chi connectivity index (χ3n) is 4.23. The maximum Gasteiger partial charge on any atom is 0.191 e. The standard InChI is InChI=1S/C19H28N4S.HI/c1-14(2)17(16-7-5-9-21-12-16)13-23-19(20-4)22-11-15(3)18-8-6-10-24-18;/h5-10,12,14-15,17H,11,13H2,1-4H3,(H2,20,22,23);1H. The molecule has 4 nitrogen and oxygen atoms in total. The third kappa shape index (κ3) is 6.93. The predicted octanol–water partition coefficient (Wildman–Crippen LogP) is 4.47. The van der Waals surface area contributed by atoms with Gasteiger partial charge in [-0.05, 0) is 29.0 Å². The minimum absolute atomic E-state index is 0. The highest BCUT2D eigenvalue weighted by Crippen LogP contribution is 2.23. The van der Waals surface area contributed by atoms with Crippen LogP contribution in [0.3, 0.4) is 0 Å². The van der Waals surface area contributed by atoms with Crippen LogP contribution >= 0.6 is 35.3 Å². The summed E-state index contributed by atoms with van der Waals surface area (Å²) in [5, 5.41) is 9.02. The molecule has 2 rings (SSSR count). The van der Waals surface area contributed by atoms with Gasteiger partial charge in [-0.25, -0.2) is 0 Å². The molecule has 0 spiro atoms. The van der Waals surface area contributed by atoms with E-state index in [0.717, 1.165) is 19.0 Å². The number of guanidine groups is 1. The Labute approximate surface area is 172 Å². The monoisotopic (exact) mass is 472 g/mol. The van der Waals surface area contributed by atoms with Crippen molar-refractivity contribution in [3.8, 4) is 0 Å². The molecule has 0 aliphatic heterocycles. The molecule has 138 valence electrons. The quantitative estimate of drug-likeness (QED) is 0.355. The highest BCUT2D eigenvalue weighted by atomic mass is 127. The van der Waals surface area contributed by atoms with Gasteiger partial charge in [-0.1, -0.05) is 32.9 Å². The zero-order valence-electron chi connectivity index (χ0n) is 15.4. The first kappa shape index (κ1) is 21.9. The van der Waals surface area contributed by atoms with Crippen molar-refractivity contribution in [1.82, 2.24) is 15.6 Å². The van der Waals surface area contributed by atoms with Crippen LogP contribution in [0.2, 0.25) is 0 Å². The van der Waals surface area contributed by atoms with Crippen molar-refractivity contribution >= 4 is 41.3 Å². The summed E-state index contributed by atoms with van der Waals surface area (Å²) in [6.45, 7) is 8.44. The Hall–Kier alpha value is -1.15. The molecule has 0 radical (unpaired) electrons. The fraction of sp³-hybridized carbons (Fsp3) is 0.474. The molecule has 2 atom stereocenters. The number of thiophene rings is 1. The number of nitrogens with one attached hydrogen (secondary N) is 2. The second-order valence-corrected chi connectivity index (χ2v) is 7.37. The summed E-state index contributed by atoms with van der Waals surface area (Å²) in [4.78, 5) is 10.00. The van der Waals surface area contributed by atoms with Crippen molar-refractivity contribution in [1.29, 1.82) is 0 Å². The van der Waals surface area contributed by atoms with E-state index in [9.17, 15) is 0 Å². The van der Waals surface area contributed by atoms with Crippen LogP contribution in [0.25, 0.3) is 0 Å². The molecule has 2 unspecified atom stereocenters. The molecular weight excluding hydrogens is 443 g/mol. The van der Waals surface area contributed by atoms with Gasteiger partial charge in [0.25, 0.3) is 0 Å². The van der Waals surface area contributed by atoms with E-state index >= 15 is 0 Å². The van der Waals surface area contributed by atoms with Crippen molar-refractivity contribution in [2.75, 3.05) is 20.1 Å². The lowest BCUT2D eigenvalue weighted by Crippen LogP contribution is -2.41. The molecule has 0 saturated carbocycles. The number of halogens is 1. The fourth-order valence-electron chi connectivity index (χ4n) is 2.68. The Kier molecular flexibility index (Phi) is 10.0. The number of aromatic nitrogens is 1. The Morgan fingerprint density at radius 2 is 1.92 bits per heavy atom. The lowest BCUT2D eigenvalue weighted by Gasteiger charge is -2.23. The Bertz CT molecular complexity index is 614. The molecule has 0 bridgehead atoms. The van der Waals surface area contributed by atoms with E-state index < -0.39 is 0 Å². The highest BCUT2D eigenvalue weighted by molar-refractivity contribution is 14.0. The molecule has 0 aliphatic carbocycles. The lowest BCUT2D eigenvalue weighted by atomic mass is 9.89. The smallest absolute Gasteiger partial charge is 0.191 e. The van der Waals surface area contributed by atoms with E-state index in [1.54, 1.807) is 11.3 Å². The van der Waals surface area contributed by atoms with Crippen molar-refractivity contribution in [2.45, 2.75) is 32.6 Å². The normalized spacial score (nSPS) is 13.9. The first-order chi connectivity index (χ1) is 11.6. The molecule has 0 aliphatic rings. The largest absolute Gasteiger partial charge is 0.356 e. The third-order valence-corrected chi connectivity index (χ3v) is 5.34. The highest BCUT2D eigenvalue weighted by Gasteiger charge is 2.16. The molecular formula is C19H29IN4S. The van der Waals surface area contributed by atoms with E-state index in [-0.39, 0.29) is 24.0 Å². The van der Waals surface area contributed by atoms with Crippen LogP contribution in [0.5, 0.6) is 0 Å². The topological polar surface area (TPSA) is 49.3 Å². The van der Waals surface area contributed by atoms with Gasteiger partial charge in [0.1, 0.15) is 0 Å². The van der Waals surface area contributed by atoms with Gasteiger partial charge < -0.3 is 10.6 Å². The number of aliphatic imine (C=N–C) groups is 1. The lowest BCUT2D eigenvalue weighted by molar-refractivity contribution is 0.486. The van der Waals surface area contributed by atoms with E-state index in [2.05, 4.69) is 65.0 Å². The number of hydrogen-bond acceptors (Lipinski definition) is 3. The summed E-state index contributed by atoms with van der Waals surface area (Å²) >= 11 is 1.80. The van der Waals surface area contributed by atoms with Gasteiger partial charge in [-0.2, -0.15) is 0 Å². The van der Waals surface area contributed by atoms with Crippen LogP contribution < -0.4 is 10.6 Å². The first-order valence-corrected chi connectivity index (χ1v) is 9.37. The minimum atomic E-state index is 0. The van der Waals surface area contributed by atoms with Crippen LogP contribution in [-0.2, 0) is 0 Å². The van der Waals surface area contributed by atoms with Crippen molar-refractivity contribution in [3.63, 3.8) is 0 Å². The number of rotatable bonds is 7. The van der Waals surface area contributed by atoms with E-state index in [1.165, 1.54) is 10.4 Å². The zero-order chi connectivity index (χ0) is 17.4. The number of nitrogens with zero attached hydrogens (tertiary/aromatic N) is 2. The second-order valence-electron chi connectivity index (χ2n) is 6.39. The summed E-state index contributed by atoms with van der Waals surface area (Å²) < 4.78 is 0. The van der Waals surface area contributed by atoms with Gasteiger partial charge in [-0.3, -0.25) is 9.98 Å². The molecule has 0 saturated heterocycles. The number of pyridine rings is 1. The predicted molar refractivity (Wildman–Crippen MR) is 119 cm³/mol. The van der Waals surface area contributed by atoms with Crippen LogP contribution in [0.1, 0.15) is 43.0 Å². The first-order valence-electron chi connectivity index (χ1n) is 8.49. The Morgan fingerprint density at radius 1 is 1.16 bits per heavy atom. The average molecular weight is 472 g/mol. The molecule has 25 heavy (non-hydrogen) atoms. The molecule has 2 aromatic rings. The zero-order valence-corrected chi connectivity index (χ0v) is 18.5. The van der Waals surface area contributed by atoms with Crippen molar-refractivity contribution in [3.05, 3.63) is 52.5 Å². The van der Waals surface area contributed by atoms with E-state index in [0.29, 0.717) is 17.8 Å². The molecule has 6 heteroatoms. The SMILES string of the molecule is CN=C(NCC(C)c1cccs1)NCC(c1cccnc1)C(C)C.I. The summed E-state index contributed by atoms with van der Waals surface area (Å²) in [5.74, 6) is 2.27. The second kappa shape index (κ2) is 11.5. The van der Waals surface area contributed by atoms with E-state index in [1.807, 2.05) is 25.5 Å². The summed E-state index contributed by atoms with van der Waals surface area (Å²) in [5.41, 5.74) is 1.27. The summed E-state index contributed by atoms with van der Waals surface area (Å²) in [7, 11) is 1.82. The van der Waals surface area contributed by atoms with Gasteiger partial charge in [0.15, 0.2) is 5.96 Å². The molecule has 2 heterocycles. The average Bonchev–Trinajstić information content (AvgIpc) is 3.13. The van der Waals surface area contributed by atoms with E-state index in [4.69, 9.17) is 0 Å².